The number of aromatic nitrogens is 2. The van der Waals surface area contributed by atoms with Gasteiger partial charge in [0, 0.05) is 42.0 Å². The number of amides is 1. The number of nitrogens with one attached hydrogen (secondary N) is 3. The Labute approximate surface area is 163 Å². The molecule has 28 heavy (non-hydrogen) atoms. The molecule has 0 bridgehead atoms. The molecule has 1 aromatic carbocycles. The van der Waals surface area contributed by atoms with Gasteiger partial charge in [0.2, 0.25) is 0 Å². The number of carbonyl (C=O) groups excluding carboxylic acids is 1. The molecular weight excluding hydrogens is 350 g/mol. The summed E-state index contributed by atoms with van der Waals surface area (Å²) in [7, 11) is 0. The number of pyridine rings is 2. The molecule has 2 aromatic heterocycles. The maximum absolute atomic E-state index is 13.1. The van der Waals surface area contributed by atoms with E-state index in [4.69, 9.17) is 4.98 Å². The van der Waals surface area contributed by atoms with E-state index in [1.54, 1.807) is 12.4 Å². The first-order valence-corrected chi connectivity index (χ1v) is 9.89. The third-order valence-corrected chi connectivity index (χ3v) is 5.96. The van der Waals surface area contributed by atoms with Gasteiger partial charge in [-0.15, -0.1) is 0 Å². The molecule has 142 valence electrons. The van der Waals surface area contributed by atoms with E-state index in [2.05, 4.69) is 21.2 Å². The minimum absolute atomic E-state index is 0.0582. The smallest absolute Gasteiger partial charge is 0.252 e. The first kappa shape index (κ1) is 17.3. The summed E-state index contributed by atoms with van der Waals surface area (Å²) in [4.78, 5) is 21.9. The highest BCUT2D eigenvalue weighted by atomic mass is 16.1. The van der Waals surface area contributed by atoms with Gasteiger partial charge in [-0.2, -0.15) is 0 Å². The minimum Gasteiger partial charge on any atom is -0.350 e. The number of hydrogen-bond donors (Lipinski definition) is 3. The molecule has 5 rings (SSSR count). The summed E-state index contributed by atoms with van der Waals surface area (Å²) in [6.45, 7) is 0.619. The molecule has 1 saturated heterocycles. The van der Waals surface area contributed by atoms with Gasteiger partial charge in [0.05, 0.1) is 16.8 Å². The van der Waals surface area contributed by atoms with Gasteiger partial charge in [-0.1, -0.05) is 24.6 Å². The summed E-state index contributed by atoms with van der Waals surface area (Å²) in [6, 6.07) is 14.3. The molecule has 3 unspecified atom stereocenters. The summed E-state index contributed by atoms with van der Waals surface area (Å²) in [5.74, 6) is 0.541. The fourth-order valence-corrected chi connectivity index (χ4v) is 4.50. The van der Waals surface area contributed by atoms with Crippen LogP contribution in [-0.2, 0) is 0 Å². The molecule has 6 heteroatoms. The van der Waals surface area contributed by atoms with Crippen LogP contribution in [-0.4, -0.2) is 34.5 Å². The van der Waals surface area contributed by atoms with Gasteiger partial charge in [-0.3, -0.25) is 20.6 Å². The molecule has 0 radical (unpaired) electrons. The zero-order chi connectivity index (χ0) is 18.9. The van der Waals surface area contributed by atoms with Crippen molar-refractivity contribution in [2.75, 3.05) is 6.54 Å². The molecule has 1 amide bonds. The van der Waals surface area contributed by atoms with Gasteiger partial charge in [-0.05, 0) is 43.0 Å². The standard InChI is InChI=1S/C22H23N5O/c28-22(24-13-21-16-5-3-7-19(16)26-27-21)17-12-20(14-8-10-23-11-9-14)25-18-6-2-1-4-15(17)18/h1-2,4,6,8-12,16,19,21,26-27H,3,5,7,13H2,(H,24,28). The second-order valence-electron chi connectivity index (χ2n) is 7.61. The van der Waals surface area contributed by atoms with E-state index >= 15 is 0 Å². The van der Waals surface area contributed by atoms with Crippen LogP contribution in [0.3, 0.4) is 0 Å². The Kier molecular flexibility index (Phi) is 4.50. The fraction of sp³-hybridized carbons (Fsp3) is 0.318. The van der Waals surface area contributed by atoms with Crippen molar-refractivity contribution in [2.45, 2.75) is 31.3 Å². The van der Waals surface area contributed by atoms with Crippen LogP contribution in [0.15, 0.2) is 54.9 Å². The number of carbonyl (C=O) groups is 1. The number of fused-ring (bicyclic) bond motifs is 2. The Balaban J connectivity index is 1.43. The van der Waals surface area contributed by atoms with E-state index < -0.39 is 0 Å². The van der Waals surface area contributed by atoms with Crippen LogP contribution in [0.25, 0.3) is 22.2 Å². The van der Waals surface area contributed by atoms with Crippen LogP contribution in [0.5, 0.6) is 0 Å². The summed E-state index contributed by atoms with van der Waals surface area (Å²) in [6.07, 6.45) is 7.17. The van der Waals surface area contributed by atoms with Gasteiger partial charge in [0.1, 0.15) is 0 Å². The Morgan fingerprint density at radius 3 is 2.86 bits per heavy atom. The van der Waals surface area contributed by atoms with E-state index in [0.29, 0.717) is 24.1 Å². The first-order chi connectivity index (χ1) is 13.8. The van der Waals surface area contributed by atoms with Crippen LogP contribution >= 0.6 is 0 Å². The van der Waals surface area contributed by atoms with Crippen molar-refractivity contribution in [1.29, 1.82) is 0 Å². The predicted octanol–water partition coefficient (Wildman–Crippen LogP) is 2.67. The summed E-state index contributed by atoms with van der Waals surface area (Å²) >= 11 is 0. The van der Waals surface area contributed by atoms with Gasteiger partial charge in [-0.25, -0.2) is 4.98 Å². The van der Waals surface area contributed by atoms with Gasteiger partial charge >= 0.3 is 0 Å². The molecule has 3 heterocycles. The Morgan fingerprint density at radius 2 is 1.96 bits per heavy atom. The molecular formula is C22H23N5O. The lowest BCUT2D eigenvalue weighted by Crippen LogP contribution is -2.42. The number of hydrazine groups is 1. The van der Waals surface area contributed by atoms with Crippen LogP contribution in [0.4, 0.5) is 0 Å². The molecule has 3 aromatic rings. The molecule has 1 saturated carbocycles. The van der Waals surface area contributed by atoms with Crippen LogP contribution in [0, 0.1) is 5.92 Å². The average Bonchev–Trinajstić information content (AvgIpc) is 3.36. The topological polar surface area (TPSA) is 78.9 Å². The van der Waals surface area contributed by atoms with Crippen molar-refractivity contribution < 1.29 is 4.79 Å². The second-order valence-corrected chi connectivity index (χ2v) is 7.61. The fourth-order valence-electron chi connectivity index (χ4n) is 4.50. The average molecular weight is 373 g/mol. The third-order valence-electron chi connectivity index (χ3n) is 5.96. The minimum atomic E-state index is -0.0582. The van der Waals surface area contributed by atoms with Crippen LogP contribution < -0.4 is 16.2 Å². The zero-order valence-corrected chi connectivity index (χ0v) is 15.6. The Morgan fingerprint density at radius 1 is 1.11 bits per heavy atom. The Hall–Kier alpha value is -2.83. The van der Waals surface area contributed by atoms with Crippen molar-refractivity contribution in [3.8, 4) is 11.3 Å². The van der Waals surface area contributed by atoms with E-state index in [9.17, 15) is 4.79 Å². The van der Waals surface area contributed by atoms with Crippen LogP contribution in [0.2, 0.25) is 0 Å². The monoisotopic (exact) mass is 373 g/mol. The van der Waals surface area contributed by atoms with Crippen LogP contribution in [0.1, 0.15) is 29.6 Å². The highest BCUT2D eigenvalue weighted by Gasteiger charge is 2.38. The highest BCUT2D eigenvalue weighted by Crippen LogP contribution is 2.31. The number of benzene rings is 1. The largest absolute Gasteiger partial charge is 0.350 e. The number of rotatable bonds is 4. The van der Waals surface area contributed by atoms with Gasteiger partial charge in [0.25, 0.3) is 5.91 Å². The highest BCUT2D eigenvalue weighted by molar-refractivity contribution is 6.07. The normalized spacial score (nSPS) is 23.6. The Bertz CT molecular complexity index is 1010. The molecule has 6 nitrogen and oxygen atoms in total. The SMILES string of the molecule is O=C(NCC1NNC2CCCC21)c1cc(-c2ccncc2)nc2ccccc12. The maximum atomic E-state index is 13.1. The maximum Gasteiger partial charge on any atom is 0.252 e. The molecule has 3 atom stereocenters. The lowest BCUT2D eigenvalue weighted by atomic mass is 9.97. The van der Waals surface area contributed by atoms with Crippen molar-refractivity contribution in [3.63, 3.8) is 0 Å². The number of hydrogen-bond acceptors (Lipinski definition) is 5. The molecule has 1 aliphatic heterocycles. The molecule has 2 aliphatic rings. The quantitative estimate of drug-likeness (QED) is 0.655. The first-order valence-electron chi connectivity index (χ1n) is 9.89. The van der Waals surface area contributed by atoms with Crippen molar-refractivity contribution in [2.24, 2.45) is 5.92 Å². The van der Waals surface area contributed by atoms with Gasteiger partial charge in [0.15, 0.2) is 0 Å². The number of para-hydroxylation sites is 1. The number of nitrogens with zero attached hydrogens (tertiary/aromatic N) is 2. The van der Waals surface area contributed by atoms with Crippen molar-refractivity contribution in [1.82, 2.24) is 26.1 Å². The third kappa shape index (κ3) is 3.15. The summed E-state index contributed by atoms with van der Waals surface area (Å²) in [5, 5.41) is 4.01. The molecule has 3 N–H and O–H groups in total. The lowest BCUT2D eigenvalue weighted by Gasteiger charge is -2.18. The molecule has 1 aliphatic carbocycles. The molecule has 2 fully saturated rings. The summed E-state index contributed by atoms with van der Waals surface area (Å²) < 4.78 is 0. The van der Waals surface area contributed by atoms with E-state index in [0.717, 1.165) is 22.2 Å². The van der Waals surface area contributed by atoms with E-state index in [1.807, 2.05) is 42.5 Å². The second kappa shape index (κ2) is 7.30. The van der Waals surface area contributed by atoms with Gasteiger partial charge < -0.3 is 5.32 Å². The zero-order valence-electron chi connectivity index (χ0n) is 15.6. The summed E-state index contributed by atoms with van der Waals surface area (Å²) in [5.41, 5.74) is 9.94. The van der Waals surface area contributed by atoms with E-state index in [-0.39, 0.29) is 11.9 Å². The van der Waals surface area contributed by atoms with Crippen molar-refractivity contribution >= 4 is 16.8 Å². The molecule has 0 spiro atoms. The van der Waals surface area contributed by atoms with Crippen molar-refractivity contribution in [3.05, 3.63) is 60.4 Å². The predicted molar refractivity (Wildman–Crippen MR) is 108 cm³/mol. The van der Waals surface area contributed by atoms with E-state index in [1.165, 1.54) is 19.3 Å². The lowest BCUT2D eigenvalue weighted by molar-refractivity contribution is 0.0949.